The summed E-state index contributed by atoms with van der Waals surface area (Å²) in [6.07, 6.45) is 0.500. The lowest BCUT2D eigenvalue weighted by Crippen LogP contribution is -2.59. The van der Waals surface area contributed by atoms with Crippen LogP contribution in [0.4, 0.5) is 43.9 Å². The summed E-state index contributed by atoms with van der Waals surface area (Å²) >= 11 is 0. The summed E-state index contributed by atoms with van der Waals surface area (Å²) in [7, 11) is 0. The first kappa shape index (κ1) is 22.4. The van der Waals surface area contributed by atoms with Gasteiger partial charge in [-0.3, -0.25) is 0 Å². The molecule has 0 fully saturated rings. The molecule has 0 aromatic heterocycles. The van der Waals surface area contributed by atoms with E-state index in [2.05, 4.69) is 0 Å². The molecule has 0 atom stereocenters. The van der Waals surface area contributed by atoms with E-state index in [4.69, 9.17) is 5.41 Å². The topological polar surface area (TPSA) is 23.9 Å². The summed E-state index contributed by atoms with van der Waals surface area (Å²) in [6.45, 7) is -2.69. The minimum Gasteiger partial charge on any atom is -0.308 e. The summed E-state index contributed by atoms with van der Waals surface area (Å²) < 4.78 is 140. The second kappa shape index (κ2) is 8.08. The van der Waals surface area contributed by atoms with Crippen LogP contribution in [-0.4, -0.2) is 12.9 Å². The molecule has 31 heavy (non-hydrogen) atoms. The van der Waals surface area contributed by atoms with E-state index >= 15 is 0 Å². The van der Waals surface area contributed by atoms with Gasteiger partial charge in [-0.15, -0.1) is 0 Å². The molecule has 0 amide bonds. The first-order chi connectivity index (χ1) is 14.5. The Morgan fingerprint density at radius 2 is 0.839 bits per heavy atom. The molecule has 0 heterocycles. The van der Waals surface area contributed by atoms with Gasteiger partial charge in [0.15, 0.2) is 58.2 Å². The summed E-state index contributed by atoms with van der Waals surface area (Å²) in [5, 5.41) is 7.34. The predicted molar refractivity (Wildman–Crippen MR) is 91.4 cm³/mol. The standard InChI is InChI=1S/C19H6BF10N/c21-10-8(11(22)15(26)18(29)14(10)25)20(7-4-2-1-3-6(7)5-31)9-12(23)16(27)19(30)17(28)13(9)24/h1-5,31H. The maximum Gasteiger partial charge on any atom is 0.257 e. The average molecular weight is 449 g/mol. The molecule has 1 N–H and O–H groups in total. The van der Waals surface area contributed by atoms with Crippen LogP contribution in [0.25, 0.3) is 0 Å². The molecule has 0 bridgehead atoms. The van der Waals surface area contributed by atoms with Crippen LogP contribution in [0.2, 0.25) is 0 Å². The summed E-state index contributed by atoms with van der Waals surface area (Å²) in [5.41, 5.74) is -4.70. The predicted octanol–water partition coefficient (Wildman–Crippen LogP) is 3.59. The van der Waals surface area contributed by atoms with E-state index < -0.39 is 81.3 Å². The average Bonchev–Trinajstić information content (AvgIpc) is 2.77. The van der Waals surface area contributed by atoms with Gasteiger partial charge in [0.2, 0.25) is 0 Å². The molecule has 0 spiro atoms. The molecule has 0 aliphatic rings. The monoisotopic (exact) mass is 449 g/mol. The van der Waals surface area contributed by atoms with Crippen molar-refractivity contribution in [1.82, 2.24) is 0 Å². The van der Waals surface area contributed by atoms with E-state index in [0.29, 0.717) is 6.21 Å². The van der Waals surface area contributed by atoms with Crippen molar-refractivity contribution in [3.8, 4) is 0 Å². The first-order valence-corrected chi connectivity index (χ1v) is 8.16. The highest BCUT2D eigenvalue weighted by Gasteiger charge is 2.41. The molecule has 3 aromatic rings. The lowest BCUT2D eigenvalue weighted by atomic mass is 9.35. The van der Waals surface area contributed by atoms with Crippen molar-refractivity contribution < 1.29 is 43.9 Å². The van der Waals surface area contributed by atoms with E-state index in [0.717, 1.165) is 18.2 Å². The number of rotatable bonds is 4. The van der Waals surface area contributed by atoms with Crippen LogP contribution in [-0.2, 0) is 0 Å². The Labute approximate surface area is 167 Å². The molecule has 3 aromatic carbocycles. The molecule has 0 radical (unpaired) electrons. The van der Waals surface area contributed by atoms with Gasteiger partial charge in [-0.2, -0.15) is 0 Å². The minimum absolute atomic E-state index is 0.347. The lowest BCUT2D eigenvalue weighted by Gasteiger charge is -2.21. The van der Waals surface area contributed by atoms with E-state index in [9.17, 15) is 43.9 Å². The van der Waals surface area contributed by atoms with Gasteiger partial charge in [-0.1, -0.05) is 29.7 Å². The molecule has 0 aliphatic carbocycles. The molecular weight excluding hydrogens is 443 g/mol. The Balaban J connectivity index is 2.57. The third kappa shape index (κ3) is 3.35. The SMILES string of the molecule is N=Cc1ccccc1B(c1c(F)c(F)c(F)c(F)c1F)c1c(F)c(F)c(F)c(F)c1F. The summed E-state index contributed by atoms with van der Waals surface area (Å²) in [4.78, 5) is 0. The Hall–Kier alpha value is -3.31. The van der Waals surface area contributed by atoms with E-state index in [1.807, 2.05) is 0 Å². The van der Waals surface area contributed by atoms with Crippen molar-refractivity contribution in [3.63, 3.8) is 0 Å². The molecule has 12 heteroatoms. The lowest BCUT2D eigenvalue weighted by molar-refractivity contribution is 0.382. The zero-order valence-corrected chi connectivity index (χ0v) is 14.7. The highest BCUT2D eigenvalue weighted by atomic mass is 19.2. The highest BCUT2D eigenvalue weighted by molar-refractivity contribution is 6.96. The largest absolute Gasteiger partial charge is 0.308 e. The van der Waals surface area contributed by atoms with E-state index in [-0.39, 0.29) is 5.56 Å². The van der Waals surface area contributed by atoms with Crippen LogP contribution >= 0.6 is 0 Å². The number of hydrogen-bond donors (Lipinski definition) is 1. The summed E-state index contributed by atoms with van der Waals surface area (Å²) in [6, 6.07) is 4.29. The van der Waals surface area contributed by atoms with Crippen LogP contribution < -0.4 is 16.4 Å². The third-order valence-electron chi connectivity index (χ3n) is 4.53. The van der Waals surface area contributed by atoms with Crippen molar-refractivity contribution in [2.75, 3.05) is 0 Å². The smallest absolute Gasteiger partial charge is 0.257 e. The van der Waals surface area contributed by atoms with Crippen molar-refractivity contribution in [3.05, 3.63) is 88.0 Å². The van der Waals surface area contributed by atoms with Crippen molar-refractivity contribution in [2.24, 2.45) is 0 Å². The Morgan fingerprint density at radius 3 is 1.19 bits per heavy atom. The van der Waals surface area contributed by atoms with Gasteiger partial charge in [0.25, 0.3) is 6.71 Å². The zero-order valence-electron chi connectivity index (χ0n) is 14.7. The molecule has 160 valence electrons. The number of halogens is 10. The van der Waals surface area contributed by atoms with Gasteiger partial charge in [-0.25, -0.2) is 43.9 Å². The first-order valence-electron chi connectivity index (χ1n) is 8.16. The third-order valence-corrected chi connectivity index (χ3v) is 4.53. The molecule has 1 nitrogen and oxygen atoms in total. The molecule has 0 unspecified atom stereocenters. The molecule has 0 saturated heterocycles. The number of benzene rings is 3. The van der Waals surface area contributed by atoms with Crippen LogP contribution in [0.5, 0.6) is 0 Å². The minimum atomic E-state index is -2.69. The quantitative estimate of drug-likeness (QED) is 0.207. The molecule has 0 saturated carbocycles. The zero-order chi connectivity index (χ0) is 23.2. The normalized spacial score (nSPS) is 11.0. The van der Waals surface area contributed by atoms with Crippen LogP contribution in [0.1, 0.15) is 5.56 Å². The van der Waals surface area contributed by atoms with Crippen molar-refractivity contribution in [2.45, 2.75) is 0 Å². The van der Waals surface area contributed by atoms with Crippen LogP contribution in [0.3, 0.4) is 0 Å². The van der Waals surface area contributed by atoms with Gasteiger partial charge >= 0.3 is 0 Å². The van der Waals surface area contributed by atoms with Crippen LogP contribution in [0.15, 0.2) is 24.3 Å². The Kier molecular flexibility index (Phi) is 5.84. The molecule has 0 aliphatic heterocycles. The second-order valence-electron chi connectivity index (χ2n) is 6.17. The Bertz CT molecular complexity index is 1100. The van der Waals surface area contributed by atoms with Crippen LogP contribution in [0, 0.1) is 63.6 Å². The fourth-order valence-corrected chi connectivity index (χ4v) is 3.11. The maximum absolute atomic E-state index is 14.5. The number of hydrogen-bond acceptors (Lipinski definition) is 1. The van der Waals surface area contributed by atoms with Gasteiger partial charge in [-0.05, 0) is 5.56 Å². The molecule has 3 rings (SSSR count). The van der Waals surface area contributed by atoms with Crippen molar-refractivity contribution >= 4 is 29.3 Å². The van der Waals surface area contributed by atoms with E-state index in [1.54, 1.807) is 0 Å². The van der Waals surface area contributed by atoms with E-state index in [1.165, 1.54) is 6.07 Å². The van der Waals surface area contributed by atoms with Gasteiger partial charge in [0.1, 0.15) is 0 Å². The number of nitrogens with one attached hydrogen (secondary N) is 1. The second-order valence-corrected chi connectivity index (χ2v) is 6.17. The summed E-state index contributed by atoms with van der Waals surface area (Å²) in [5.74, 6) is -25.3. The fraction of sp³-hybridized carbons (Fsp3) is 0. The molecular formula is C19H6BF10N. The fourth-order valence-electron chi connectivity index (χ4n) is 3.11. The maximum atomic E-state index is 14.5. The van der Waals surface area contributed by atoms with Gasteiger partial charge in [0, 0.05) is 17.1 Å². The Morgan fingerprint density at radius 1 is 0.516 bits per heavy atom. The highest BCUT2D eigenvalue weighted by Crippen LogP contribution is 2.21. The van der Waals surface area contributed by atoms with Gasteiger partial charge < -0.3 is 5.41 Å². The van der Waals surface area contributed by atoms with Gasteiger partial charge in [0.05, 0.1) is 0 Å². The van der Waals surface area contributed by atoms with Crippen molar-refractivity contribution in [1.29, 1.82) is 5.41 Å².